The van der Waals surface area contributed by atoms with Crippen LogP contribution >= 0.6 is 0 Å². The first-order valence-corrected chi connectivity index (χ1v) is 6.99. The number of rotatable bonds is 5. The van der Waals surface area contributed by atoms with Crippen molar-refractivity contribution in [1.82, 2.24) is 0 Å². The Labute approximate surface area is 118 Å². The zero-order valence-electron chi connectivity index (χ0n) is 11.7. The molecule has 1 unspecified atom stereocenters. The highest BCUT2D eigenvalue weighted by atomic mass is 19.1. The van der Waals surface area contributed by atoms with E-state index in [-0.39, 0.29) is 12.0 Å². The molecular formula is C15H21F2NO2. The van der Waals surface area contributed by atoms with Crippen molar-refractivity contribution in [3.63, 3.8) is 0 Å². The molecule has 1 saturated heterocycles. The minimum absolute atomic E-state index is 0.0329. The fourth-order valence-electron chi connectivity index (χ4n) is 2.76. The highest BCUT2D eigenvalue weighted by Gasteiger charge is 2.39. The van der Waals surface area contributed by atoms with Gasteiger partial charge in [-0.1, -0.05) is 6.07 Å². The summed E-state index contributed by atoms with van der Waals surface area (Å²) >= 11 is 0. The fourth-order valence-corrected chi connectivity index (χ4v) is 2.76. The topological polar surface area (TPSA) is 44.5 Å². The highest BCUT2D eigenvalue weighted by molar-refractivity contribution is 5.21. The normalized spacial score (nSPS) is 19.8. The zero-order valence-corrected chi connectivity index (χ0v) is 11.7. The van der Waals surface area contributed by atoms with E-state index in [4.69, 9.17) is 15.2 Å². The third-order valence-corrected chi connectivity index (χ3v) is 3.93. The summed E-state index contributed by atoms with van der Waals surface area (Å²) in [6, 6.07) is 3.40. The van der Waals surface area contributed by atoms with Gasteiger partial charge in [-0.15, -0.1) is 0 Å². The Kier molecular flexibility index (Phi) is 5.07. The smallest absolute Gasteiger partial charge is 0.129 e. The van der Waals surface area contributed by atoms with Crippen molar-refractivity contribution in [2.75, 3.05) is 19.8 Å². The third-order valence-electron chi connectivity index (χ3n) is 3.93. The number of hydrogen-bond donors (Lipinski definition) is 1. The van der Waals surface area contributed by atoms with E-state index in [1.165, 1.54) is 18.2 Å². The number of ether oxygens (including phenoxy) is 2. The Bertz CT molecular complexity index is 422. The van der Waals surface area contributed by atoms with E-state index in [2.05, 4.69) is 0 Å². The summed E-state index contributed by atoms with van der Waals surface area (Å²) in [5.74, 6) is -1.11. The standard InChI is InChI=1S/C15H21F2NO2/c1-2-20-15(6-8-19-9-7-15)14(18)10-11-12(16)4-3-5-13(11)17/h3-5,14H,2,6-10,18H2,1H3. The van der Waals surface area contributed by atoms with Crippen LogP contribution in [-0.2, 0) is 15.9 Å². The lowest BCUT2D eigenvalue weighted by Gasteiger charge is -2.41. The lowest BCUT2D eigenvalue weighted by Crippen LogP contribution is -2.54. The summed E-state index contributed by atoms with van der Waals surface area (Å²) in [5, 5.41) is 0. The van der Waals surface area contributed by atoms with Crippen molar-refractivity contribution in [1.29, 1.82) is 0 Å². The van der Waals surface area contributed by atoms with E-state index in [1.807, 2.05) is 6.92 Å². The molecule has 2 N–H and O–H groups in total. The van der Waals surface area contributed by atoms with Gasteiger partial charge in [0.15, 0.2) is 0 Å². The van der Waals surface area contributed by atoms with Crippen molar-refractivity contribution in [2.24, 2.45) is 5.73 Å². The first-order valence-electron chi connectivity index (χ1n) is 6.99. The summed E-state index contributed by atoms with van der Waals surface area (Å²) < 4.78 is 38.6. The maximum absolute atomic E-state index is 13.7. The average molecular weight is 285 g/mol. The van der Waals surface area contributed by atoms with E-state index in [0.717, 1.165) is 0 Å². The van der Waals surface area contributed by atoms with Crippen LogP contribution in [-0.4, -0.2) is 31.5 Å². The maximum atomic E-state index is 13.7. The summed E-state index contributed by atoms with van der Waals surface area (Å²) in [4.78, 5) is 0. The number of hydrogen-bond acceptors (Lipinski definition) is 3. The molecule has 1 aromatic carbocycles. The molecule has 0 radical (unpaired) electrons. The minimum atomic E-state index is -0.556. The molecule has 0 amide bonds. The highest BCUT2D eigenvalue weighted by Crippen LogP contribution is 2.30. The molecule has 1 fully saturated rings. The SMILES string of the molecule is CCOC1(C(N)Cc2c(F)cccc2F)CCOCC1. The first kappa shape index (κ1) is 15.4. The summed E-state index contributed by atoms with van der Waals surface area (Å²) in [7, 11) is 0. The fraction of sp³-hybridized carbons (Fsp3) is 0.600. The molecule has 0 aliphatic carbocycles. The second-order valence-electron chi connectivity index (χ2n) is 5.12. The Morgan fingerprint density at radius 3 is 2.45 bits per heavy atom. The summed E-state index contributed by atoms with van der Waals surface area (Å²) in [6.45, 7) is 3.54. The van der Waals surface area contributed by atoms with Gasteiger partial charge in [0, 0.05) is 44.3 Å². The van der Waals surface area contributed by atoms with Gasteiger partial charge >= 0.3 is 0 Å². The lowest BCUT2D eigenvalue weighted by molar-refractivity contribution is -0.120. The van der Waals surface area contributed by atoms with Gasteiger partial charge in [-0.2, -0.15) is 0 Å². The average Bonchev–Trinajstić information content (AvgIpc) is 2.44. The number of halogens is 2. The molecule has 1 heterocycles. The van der Waals surface area contributed by atoms with E-state index in [0.29, 0.717) is 32.7 Å². The molecule has 0 bridgehead atoms. The predicted molar refractivity (Wildman–Crippen MR) is 72.4 cm³/mol. The Morgan fingerprint density at radius 1 is 1.30 bits per heavy atom. The number of benzene rings is 1. The number of nitrogens with two attached hydrogens (primary N) is 1. The van der Waals surface area contributed by atoms with Crippen LogP contribution < -0.4 is 5.73 Å². The summed E-state index contributed by atoms with van der Waals surface area (Å²) in [6.07, 6.45) is 1.43. The van der Waals surface area contributed by atoms with E-state index < -0.39 is 23.3 Å². The molecule has 0 aromatic heterocycles. The van der Waals surface area contributed by atoms with Crippen molar-refractivity contribution in [2.45, 2.75) is 37.8 Å². The molecule has 112 valence electrons. The molecule has 5 heteroatoms. The molecular weight excluding hydrogens is 264 g/mol. The monoisotopic (exact) mass is 285 g/mol. The van der Waals surface area contributed by atoms with Crippen molar-refractivity contribution < 1.29 is 18.3 Å². The van der Waals surface area contributed by atoms with Crippen LogP contribution in [0.3, 0.4) is 0 Å². The van der Waals surface area contributed by atoms with Crippen LogP contribution in [0.1, 0.15) is 25.3 Å². The molecule has 1 aromatic rings. The van der Waals surface area contributed by atoms with Gasteiger partial charge < -0.3 is 15.2 Å². The second-order valence-corrected chi connectivity index (χ2v) is 5.12. The van der Waals surface area contributed by atoms with Gasteiger partial charge in [0.25, 0.3) is 0 Å². The van der Waals surface area contributed by atoms with Crippen LogP contribution in [0.25, 0.3) is 0 Å². The van der Waals surface area contributed by atoms with Crippen molar-refractivity contribution >= 4 is 0 Å². The summed E-state index contributed by atoms with van der Waals surface area (Å²) in [5.41, 5.74) is 5.70. The predicted octanol–water partition coefficient (Wildman–Crippen LogP) is 2.42. The molecule has 1 aliphatic rings. The maximum Gasteiger partial charge on any atom is 0.129 e. The second kappa shape index (κ2) is 6.61. The first-order chi connectivity index (χ1) is 9.59. The van der Waals surface area contributed by atoms with Crippen LogP contribution in [0.2, 0.25) is 0 Å². The van der Waals surface area contributed by atoms with Gasteiger partial charge in [-0.25, -0.2) is 8.78 Å². The Balaban J connectivity index is 2.18. The molecule has 3 nitrogen and oxygen atoms in total. The molecule has 20 heavy (non-hydrogen) atoms. The zero-order chi connectivity index (χ0) is 14.6. The molecule has 2 rings (SSSR count). The molecule has 1 atom stereocenters. The van der Waals surface area contributed by atoms with Crippen molar-refractivity contribution in [3.05, 3.63) is 35.4 Å². The van der Waals surface area contributed by atoms with E-state index >= 15 is 0 Å². The Morgan fingerprint density at radius 2 is 1.90 bits per heavy atom. The minimum Gasteiger partial charge on any atom is -0.381 e. The van der Waals surface area contributed by atoms with Gasteiger partial charge in [0.1, 0.15) is 11.6 Å². The lowest BCUT2D eigenvalue weighted by atomic mass is 9.83. The molecule has 0 spiro atoms. The van der Waals surface area contributed by atoms with Crippen molar-refractivity contribution in [3.8, 4) is 0 Å². The van der Waals surface area contributed by atoms with Gasteiger partial charge in [0.2, 0.25) is 0 Å². The van der Waals surface area contributed by atoms with Crippen LogP contribution in [0.4, 0.5) is 8.78 Å². The van der Waals surface area contributed by atoms with E-state index in [1.54, 1.807) is 0 Å². The van der Waals surface area contributed by atoms with Crippen LogP contribution in [0.5, 0.6) is 0 Å². The van der Waals surface area contributed by atoms with Crippen LogP contribution in [0, 0.1) is 11.6 Å². The molecule has 0 saturated carbocycles. The largest absolute Gasteiger partial charge is 0.381 e. The van der Waals surface area contributed by atoms with Gasteiger partial charge in [-0.3, -0.25) is 0 Å². The van der Waals surface area contributed by atoms with Crippen LogP contribution in [0.15, 0.2) is 18.2 Å². The van der Waals surface area contributed by atoms with E-state index in [9.17, 15) is 8.78 Å². The third kappa shape index (κ3) is 3.16. The Hall–Kier alpha value is -1.04. The van der Waals surface area contributed by atoms with Gasteiger partial charge in [-0.05, 0) is 25.5 Å². The quantitative estimate of drug-likeness (QED) is 0.903. The van der Waals surface area contributed by atoms with Gasteiger partial charge in [0.05, 0.1) is 5.60 Å². The molecule has 1 aliphatic heterocycles.